The van der Waals surface area contributed by atoms with Crippen LogP contribution in [0.15, 0.2) is 18.3 Å². The second kappa shape index (κ2) is 7.60. The van der Waals surface area contributed by atoms with Crippen molar-refractivity contribution in [1.29, 1.82) is 0 Å². The van der Waals surface area contributed by atoms with Crippen LogP contribution in [0.1, 0.15) is 37.7 Å². The van der Waals surface area contributed by atoms with Crippen LogP contribution in [0.2, 0.25) is 0 Å². The van der Waals surface area contributed by atoms with Crippen LogP contribution in [0, 0.1) is 6.92 Å². The van der Waals surface area contributed by atoms with E-state index in [4.69, 9.17) is 0 Å². The highest BCUT2D eigenvalue weighted by atomic mass is 16.3. The van der Waals surface area contributed by atoms with E-state index in [2.05, 4.69) is 33.5 Å². The standard InChI is InChI=1S/C18H30N4O/c1-15-6-4-9-20-17(15)21-11-10-19-14-18(23)8-5-13-22-12-3-2-7-16(18)22/h4,6,9,16,19,23H,2-3,5,7-8,10-14H2,1H3,(H,20,21)/t16-,18-/m1/s1. The van der Waals surface area contributed by atoms with Gasteiger partial charge >= 0.3 is 0 Å². The largest absolute Gasteiger partial charge is 0.387 e. The monoisotopic (exact) mass is 318 g/mol. The van der Waals surface area contributed by atoms with Gasteiger partial charge in [-0.3, -0.25) is 4.90 Å². The molecule has 2 aliphatic rings. The first-order chi connectivity index (χ1) is 11.2. The summed E-state index contributed by atoms with van der Waals surface area (Å²) in [6.07, 6.45) is 7.53. The molecule has 0 saturated carbocycles. The molecule has 3 N–H and O–H groups in total. The maximum atomic E-state index is 11.1. The number of nitrogens with one attached hydrogen (secondary N) is 2. The van der Waals surface area contributed by atoms with Crippen LogP contribution in [0.5, 0.6) is 0 Å². The van der Waals surface area contributed by atoms with E-state index >= 15 is 0 Å². The maximum Gasteiger partial charge on any atom is 0.128 e. The number of hydrogen-bond acceptors (Lipinski definition) is 5. The lowest BCUT2D eigenvalue weighted by Gasteiger charge is -2.49. The third kappa shape index (κ3) is 4.03. The minimum atomic E-state index is -0.556. The van der Waals surface area contributed by atoms with Crippen LogP contribution in [0.4, 0.5) is 5.82 Å². The van der Waals surface area contributed by atoms with Crippen molar-refractivity contribution < 1.29 is 5.11 Å². The van der Waals surface area contributed by atoms with E-state index in [0.717, 1.165) is 56.8 Å². The Kier molecular flexibility index (Phi) is 5.51. The molecular formula is C18H30N4O. The first-order valence-electron chi connectivity index (χ1n) is 9.02. The Balaban J connectivity index is 1.43. The third-order valence-corrected chi connectivity index (χ3v) is 5.32. The Labute approximate surface area is 139 Å². The zero-order chi connectivity index (χ0) is 16.1. The molecule has 0 radical (unpaired) electrons. The number of aliphatic hydroxyl groups is 1. The topological polar surface area (TPSA) is 60.4 Å². The molecule has 1 aromatic rings. The molecule has 2 fully saturated rings. The number of rotatable bonds is 6. The van der Waals surface area contributed by atoms with Crippen molar-refractivity contribution in [3.05, 3.63) is 23.9 Å². The fourth-order valence-electron chi connectivity index (χ4n) is 4.07. The van der Waals surface area contributed by atoms with Crippen molar-refractivity contribution in [2.24, 2.45) is 0 Å². The summed E-state index contributed by atoms with van der Waals surface area (Å²) >= 11 is 0. The van der Waals surface area contributed by atoms with Gasteiger partial charge in [0, 0.05) is 31.9 Å². The van der Waals surface area contributed by atoms with Gasteiger partial charge in [0.15, 0.2) is 0 Å². The second-order valence-corrected chi connectivity index (χ2v) is 7.03. The van der Waals surface area contributed by atoms with Gasteiger partial charge in [-0.2, -0.15) is 0 Å². The van der Waals surface area contributed by atoms with Gasteiger partial charge in [0.2, 0.25) is 0 Å². The van der Waals surface area contributed by atoms with Gasteiger partial charge in [-0.15, -0.1) is 0 Å². The van der Waals surface area contributed by atoms with Crippen molar-refractivity contribution >= 4 is 5.82 Å². The molecule has 0 amide bonds. The van der Waals surface area contributed by atoms with Crippen molar-refractivity contribution in [2.45, 2.75) is 50.7 Å². The third-order valence-electron chi connectivity index (χ3n) is 5.32. The zero-order valence-electron chi connectivity index (χ0n) is 14.2. The molecule has 5 heteroatoms. The Morgan fingerprint density at radius 1 is 1.30 bits per heavy atom. The fourth-order valence-corrected chi connectivity index (χ4v) is 4.07. The van der Waals surface area contributed by atoms with Gasteiger partial charge < -0.3 is 15.7 Å². The number of hydrogen-bond donors (Lipinski definition) is 3. The SMILES string of the molecule is Cc1cccnc1NCCNC[C@]1(O)CCCN2CCCC[C@@H]21. The summed E-state index contributed by atoms with van der Waals surface area (Å²) in [5.41, 5.74) is 0.607. The average molecular weight is 318 g/mol. The van der Waals surface area contributed by atoms with E-state index in [0.29, 0.717) is 12.6 Å². The highest BCUT2D eigenvalue weighted by Gasteiger charge is 2.43. The molecule has 3 rings (SSSR count). The Morgan fingerprint density at radius 2 is 2.17 bits per heavy atom. The van der Waals surface area contributed by atoms with Crippen molar-refractivity contribution in [3.63, 3.8) is 0 Å². The number of pyridine rings is 1. The summed E-state index contributed by atoms with van der Waals surface area (Å²) in [6, 6.07) is 4.36. The van der Waals surface area contributed by atoms with E-state index < -0.39 is 5.60 Å². The Morgan fingerprint density at radius 3 is 3.04 bits per heavy atom. The summed E-state index contributed by atoms with van der Waals surface area (Å²) in [5, 5.41) is 17.9. The van der Waals surface area contributed by atoms with Crippen LogP contribution in [0.3, 0.4) is 0 Å². The quantitative estimate of drug-likeness (QED) is 0.698. The average Bonchev–Trinajstić information content (AvgIpc) is 2.57. The number of aryl methyl sites for hydroxylation is 1. The Hall–Kier alpha value is -1.17. The molecule has 0 aromatic carbocycles. The van der Waals surface area contributed by atoms with E-state index in [1.54, 1.807) is 0 Å². The lowest BCUT2D eigenvalue weighted by atomic mass is 9.79. The summed E-state index contributed by atoms with van der Waals surface area (Å²) < 4.78 is 0. The van der Waals surface area contributed by atoms with Crippen LogP contribution < -0.4 is 10.6 Å². The molecule has 1 aromatic heterocycles. The predicted molar refractivity (Wildman–Crippen MR) is 93.7 cm³/mol. The predicted octanol–water partition coefficient (Wildman–Crippen LogP) is 1.77. The molecular weight excluding hydrogens is 288 g/mol. The molecule has 5 nitrogen and oxygen atoms in total. The van der Waals surface area contributed by atoms with Gasteiger partial charge in [0.05, 0.1) is 5.60 Å². The zero-order valence-corrected chi connectivity index (χ0v) is 14.2. The van der Waals surface area contributed by atoms with Gasteiger partial charge in [0.1, 0.15) is 5.82 Å². The Bertz CT molecular complexity index is 508. The van der Waals surface area contributed by atoms with Crippen LogP contribution >= 0.6 is 0 Å². The molecule has 0 bridgehead atoms. The normalized spacial score (nSPS) is 28.3. The van der Waals surface area contributed by atoms with Gasteiger partial charge in [-0.25, -0.2) is 4.98 Å². The lowest BCUT2D eigenvalue weighted by Crippen LogP contribution is -2.62. The van der Waals surface area contributed by atoms with Crippen LogP contribution in [-0.4, -0.2) is 59.4 Å². The fraction of sp³-hybridized carbons (Fsp3) is 0.722. The number of aromatic nitrogens is 1. The van der Waals surface area contributed by atoms with Crippen molar-refractivity contribution in [3.8, 4) is 0 Å². The lowest BCUT2D eigenvalue weighted by molar-refractivity contribution is -0.0915. The molecule has 128 valence electrons. The van der Waals surface area contributed by atoms with E-state index in [1.807, 2.05) is 12.3 Å². The van der Waals surface area contributed by atoms with Gasteiger partial charge in [-0.1, -0.05) is 12.5 Å². The first kappa shape index (κ1) is 16.7. The smallest absolute Gasteiger partial charge is 0.128 e. The molecule has 23 heavy (non-hydrogen) atoms. The molecule has 2 aliphatic heterocycles. The van der Waals surface area contributed by atoms with Crippen molar-refractivity contribution in [2.75, 3.05) is 38.0 Å². The van der Waals surface area contributed by atoms with Crippen molar-refractivity contribution in [1.82, 2.24) is 15.2 Å². The molecule has 0 spiro atoms. The first-order valence-corrected chi connectivity index (χ1v) is 9.02. The highest BCUT2D eigenvalue weighted by Crippen LogP contribution is 2.33. The van der Waals surface area contributed by atoms with Gasteiger partial charge in [0.25, 0.3) is 0 Å². The van der Waals surface area contributed by atoms with Gasteiger partial charge in [-0.05, 0) is 57.3 Å². The van der Waals surface area contributed by atoms with E-state index in [-0.39, 0.29) is 0 Å². The summed E-state index contributed by atoms with van der Waals surface area (Å²) in [5.74, 6) is 0.948. The number of nitrogens with zero attached hydrogens (tertiary/aromatic N) is 2. The molecule has 0 aliphatic carbocycles. The molecule has 2 atom stereocenters. The number of anilines is 1. The summed E-state index contributed by atoms with van der Waals surface area (Å²) in [4.78, 5) is 6.84. The minimum absolute atomic E-state index is 0.350. The molecule has 3 heterocycles. The van der Waals surface area contributed by atoms with Crippen LogP contribution in [0.25, 0.3) is 0 Å². The molecule has 2 saturated heterocycles. The van der Waals surface area contributed by atoms with E-state index in [9.17, 15) is 5.11 Å². The summed E-state index contributed by atoms with van der Waals surface area (Å²) in [7, 11) is 0. The summed E-state index contributed by atoms with van der Waals surface area (Å²) in [6.45, 7) is 6.73. The molecule has 0 unspecified atom stereocenters. The minimum Gasteiger partial charge on any atom is -0.387 e. The second-order valence-electron chi connectivity index (χ2n) is 7.03. The highest BCUT2D eigenvalue weighted by molar-refractivity contribution is 5.42. The number of fused-ring (bicyclic) bond motifs is 1. The van der Waals surface area contributed by atoms with Crippen LogP contribution in [-0.2, 0) is 0 Å². The maximum absolute atomic E-state index is 11.1. The van der Waals surface area contributed by atoms with E-state index in [1.165, 1.54) is 12.8 Å². The number of piperidine rings is 2.